The van der Waals surface area contributed by atoms with Crippen molar-refractivity contribution < 1.29 is 80.7 Å². The van der Waals surface area contributed by atoms with Gasteiger partial charge in [-0.05, 0) is 0 Å². The summed E-state index contributed by atoms with van der Waals surface area (Å²) >= 11 is 0. The van der Waals surface area contributed by atoms with Gasteiger partial charge in [0.2, 0.25) is 5.78 Å². The van der Waals surface area contributed by atoms with Crippen LogP contribution in [-0.2, 0) is 14.3 Å². The van der Waals surface area contributed by atoms with Crippen LogP contribution in [0.3, 0.4) is 0 Å². The van der Waals surface area contributed by atoms with Gasteiger partial charge in [0.25, 0.3) is 0 Å². The van der Waals surface area contributed by atoms with Gasteiger partial charge in [-0.25, -0.2) is 0 Å². The van der Waals surface area contributed by atoms with Crippen molar-refractivity contribution in [3.8, 4) is 0 Å². The zero-order valence-corrected chi connectivity index (χ0v) is 17.7. The summed E-state index contributed by atoms with van der Waals surface area (Å²) in [6, 6.07) is 0. The van der Waals surface area contributed by atoms with Crippen molar-refractivity contribution in [1.82, 2.24) is 0 Å². The molecule has 0 radical (unpaired) electrons. The predicted octanol–water partition coefficient (Wildman–Crippen LogP) is -8.95. The number of ether oxygens (including phenoxy) is 2. The molecule has 0 spiro atoms. The molecule has 0 saturated carbocycles. The Balaban J connectivity index is 2.58. The molecule has 2 heterocycles. The smallest absolute Gasteiger partial charge is 0.201 e. The van der Waals surface area contributed by atoms with Gasteiger partial charge in [-0.2, -0.15) is 0 Å². The molecule has 16 heteroatoms. The van der Waals surface area contributed by atoms with Crippen LogP contribution >= 0.6 is 0 Å². The number of hydrogen-bond acceptors (Lipinski definition) is 16. The first-order valence-electron chi connectivity index (χ1n) is 10.3. The first-order valence-corrected chi connectivity index (χ1v) is 10.3. The van der Waals surface area contributed by atoms with E-state index in [4.69, 9.17) is 14.6 Å². The molecule has 0 aliphatic carbocycles. The van der Waals surface area contributed by atoms with E-state index < -0.39 is 111 Å². The average molecular weight is 504 g/mol. The summed E-state index contributed by atoms with van der Waals surface area (Å²) in [5.41, 5.74) is -3.61. The number of rotatable bonds is 9. The van der Waals surface area contributed by atoms with E-state index in [1.807, 2.05) is 0 Å². The van der Waals surface area contributed by atoms with Crippen molar-refractivity contribution in [3.05, 3.63) is 0 Å². The molecule has 2 saturated heterocycles. The lowest BCUT2D eigenvalue weighted by Crippen LogP contribution is -2.75. The number of aliphatic hydroxyl groups is 13. The first kappa shape index (κ1) is 29.3. The van der Waals surface area contributed by atoms with Crippen LogP contribution in [0.2, 0.25) is 0 Å². The van der Waals surface area contributed by atoms with Crippen molar-refractivity contribution in [2.24, 2.45) is 0 Å². The van der Waals surface area contributed by atoms with E-state index in [9.17, 15) is 66.1 Å². The van der Waals surface area contributed by atoms with Crippen LogP contribution in [0.1, 0.15) is 0 Å². The van der Waals surface area contributed by atoms with E-state index in [1.54, 1.807) is 0 Å². The second-order valence-electron chi connectivity index (χ2n) is 8.37. The summed E-state index contributed by atoms with van der Waals surface area (Å²) in [5, 5.41) is 130. The molecular formula is C18H32O16. The molecule has 13 N–H and O–H groups in total. The highest BCUT2D eigenvalue weighted by Crippen LogP contribution is 2.36. The zero-order chi connectivity index (χ0) is 26.1. The third kappa shape index (κ3) is 4.99. The van der Waals surface area contributed by atoms with E-state index in [-0.39, 0.29) is 0 Å². The average Bonchev–Trinajstić information content (AvgIpc) is 2.83. The fourth-order valence-corrected chi connectivity index (χ4v) is 4.04. The maximum Gasteiger partial charge on any atom is 0.201 e. The Morgan fingerprint density at radius 3 is 1.68 bits per heavy atom. The number of Topliss-reactive ketones (excluding diaryl/α,β-unsaturated/α-hetero) is 1. The van der Waals surface area contributed by atoms with E-state index in [0.717, 1.165) is 0 Å². The molecule has 0 aromatic rings. The monoisotopic (exact) mass is 504 g/mol. The molecule has 1 unspecified atom stereocenters. The minimum absolute atomic E-state index is 0.985. The third-order valence-electron chi connectivity index (χ3n) is 6.23. The Labute approximate surface area is 192 Å². The summed E-state index contributed by atoms with van der Waals surface area (Å²) in [6.45, 7) is -3.19. The number of ketones is 1. The van der Waals surface area contributed by atoms with Crippen molar-refractivity contribution in [2.45, 2.75) is 85.0 Å². The van der Waals surface area contributed by atoms with Crippen LogP contribution in [0, 0.1) is 0 Å². The van der Waals surface area contributed by atoms with Gasteiger partial charge in [-0.1, -0.05) is 0 Å². The summed E-state index contributed by atoms with van der Waals surface area (Å²) in [4.78, 5) is 13.4. The Morgan fingerprint density at radius 2 is 1.21 bits per heavy atom. The molecule has 2 rings (SSSR count). The van der Waals surface area contributed by atoms with Gasteiger partial charge in [-0.15, -0.1) is 0 Å². The van der Waals surface area contributed by atoms with Gasteiger partial charge in [-0.3, -0.25) is 4.79 Å². The predicted molar refractivity (Wildman–Crippen MR) is 103 cm³/mol. The molecule has 34 heavy (non-hydrogen) atoms. The second kappa shape index (κ2) is 11.4. The van der Waals surface area contributed by atoms with Crippen LogP contribution in [-0.4, -0.2) is 177 Å². The first-order chi connectivity index (χ1) is 15.8. The molecule has 0 aromatic carbocycles. The third-order valence-corrected chi connectivity index (χ3v) is 6.23. The van der Waals surface area contributed by atoms with Crippen LogP contribution in [0.4, 0.5) is 0 Å². The van der Waals surface area contributed by atoms with Crippen molar-refractivity contribution in [2.75, 3.05) is 19.8 Å². The number of hydrogen-bond donors (Lipinski definition) is 13. The molecule has 0 bridgehead atoms. The van der Waals surface area contributed by atoms with Gasteiger partial charge >= 0.3 is 0 Å². The number of carbonyl (C=O) groups excluding carboxylic acids is 1. The van der Waals surface area contributed by atoms with Crippen molar-refractivity contribution >= 4 is 5.78 Å². The molecule has 0 aromatic heterocycles. The van der Waals surface area contributed by atoms with Crippen LogP contribution in [0.15, 0.2) is 0 Å². The molecule has 200 valence electrons. The Bertz CT molecular complexity index is 676. The van der Waals surface area contributed by atoms with Gasteiger partial charge in [0, 0.05) is 0 Å². The van der Waals surface area contributed by atoms with E-state index in [1.165, 1.54) is 0 Å². The summed E-state index contributed by atoms with van der Waals surface area (Å²) in [5.74, 6) is -1.81. The van der Waals surface area contributed by atoms with Crippen molar-refractivity contribution in [3.63, 3.8) is 0 Å². The highest BCUT2D eigenvalue weighted by Gasteiger charge is 2.64. The number of carbonyl (C=O) groups is 1. The largest absolute Gasteiger partial charge is 0.394 e. The highest BCUT2D eigenvalue weighted by atomic mass is 16.6. The van der Waals surface area contributed by atoms with Crippen LogP contribution in [0.25, 0.3) is 0 Å². The quantitative estimate of drug-likeness (QED) is 0.139. The van der Waals surface area contributed by atoms with E-state index in [0.29, 0.717) is 0 Å². The molecular weight excluding hydrogens is 472 g/mol. The SMILES string of the molecule is O=C(C1O[C@H](CO)[C@@H](O)[C@H](O)[C@H]1O)[C@@](O)([C@@H]1O[C@H](CO)[C@H](O)[C@H](O)[C@H]1O)[C@@H](O)[C@@H](O)[C@H](O)CO. The topological polar surface area (TPSA) is 299 Å². The Morgan fingerprint density at radius 1 is 0.735 bits per heavy atom. The Hall–Kier alpha value is -0.930. The van der Waals surface area contributed by atoms with E-state index >= 15 is 0 Å². The molecule has 2 fully saturated rings. The highest BCUT2D eigenvalue weighted by molar-refractivity contribution is 5.93. The lowest BCUT2D eigenvalue weighted by molar-refractivity contribution is -0.293. The minimum Gasteiger partial charge on any atom is -0.394 e. The van der Waals surface area contributed by atoms with Crippen molar-refractivity contribution in [1.29, 1.82) is 0 Å². The maximum atomic E-state index is 13.4. The molecule has 14 atom stereocenters. The fraction of sp³-hybridized carbons (Fsp3) is 0.944. The van der Waals surface area contributed by atoms with Crippen LogP contribution in [0.5, 0.6) is 0 Å². The van der Waals surface area contributed by atoms with E-state index in [2.05, 4.69) is 0 Å². The second-order valence-corrected chi connectivity index (χ2v) is 8.37. The lowest BCUT2D eigenvalue weighted by atomic mass is 9.73. The zero-order valence-electron chi connectivity index (χ0n) is 17.7. The van der Waals surface area contributed by atoms with Gasteiger partial charge in [0.15, 0.2) is 5.60 Å². The van der Waals surface area contributed by atoms with Crippen LogP contribution < -0.4 is 0 Å². The normalized spacial score (nSPS) is 43.6. The molecule has 16 nitrogen and oxygen atoms in total. The Kier molecular flexibility index (Phi) is 9.84. The minimum atomic E-state index is -3.61. The van der Waals surface area contributed by atoms with Gasteiger partial charge in [0.05, 0.1) is 19.8 Å². The molecule has 0 amide bonds. The number of aliphatic hydroxyl groups excluding tert-OH is 12. The molecule has 2 aliphatic heterocycles. The summed E-state index contributed by atoms with van der Waals surface area (Å²) in [7, 11) is 0. The molecule has 2 aliphatic rings. The lowest BCUT2D eigenvalue weighted by Gasteiger charge is -2.50. The maximum absolute atomic E-state index is 13.4. The fourth-order valence-electron chi connectivity index (χ4n) is 4.04. The van der Waals surface area contributed by atoms with Gasteiger partial charge < -0.3 is 75.9 Å². The summed E-state index contributed by atoms with van der Waals surface area (Å²) in [6.07, 6.45) is -28.6. The standard InChI is InChI=1S/C18H32O16/c19-1-4(22)7(23)15(30)18(32,17-13(29)11(27)9(25)6(3-21)34-17)16(31)14-12(28)10(26)8(24)5(2-20)33-14/h4-15,17,19-30,32H,1-3H2/t4-,5-,6-,7+,8-,9+,10+,11+,12-,13-,14?,15+,17-,18-/m1/s1. The summed E-state index contributed by atoms with van der Waals surface area (Å²) < 4.78 is 10.2. The van der Waals surface area contributed by atoms with Gasteiger partial charge in [0.1, 0.15) is 79.4 Å².